The van der Waals surface area contributed by atoms with Crippen LogP contribution >= 0.6 is 0 Å². The van der Waals surface area contributed by atoms with Crippen LogP contribution in [0.25, 0.3) is 11.8 Å². The monoisotopic (exact) mass is 427 g/mol. The first-order valence-electron chi connectivity index (χ1n) is 8.98. The summed E-state index contributed by atoms with van der Waals surface area (Å²) in [7, 11) is -0.996. The Bertz CT molecular complexity index is 1140. The lowest BCUT2D eigenvalue weighted by molar-refractivity contribution is -0.138. The highest BCUT2D eigenvalue weighted by molar-refractivity contribution is 7.89. The molecule has 0 unspecified atom stereocenters. The van der Waals surface area contributed by atoms with Gasteiger partial charge in [0, 0.05) is 18.5 Å². The van der Waals surface area contributed by atoms with E-state index >= 15 is 0 Å². The first kappa shape index (κ1) is 21.3. The second-order valence-electron chi connectivity index (χ2n) is 6.18. The SMILES string of the molecule is CNS(=O)(=O)c1cc(/C=C/C(=O)OCc2ccc(-n3cccn3)cc2)ccc1OC. The molecule has 30 heavy (non-hydrogen) atoms. The number of carbonyl (C=O) groups is 1. The number of ether oxygens (including phenoxy) is 2. The number of carbonyl (C=O) groups excluding carboxylic acids is 1. The smallest absolute Gasteiger partial charge is 0.331 e. The predicted molar refractivity (Wildman–Crippen MR) is 112 cm³/mol. The van der Waals surface area contributed by atoms with E-state index in [1.165, 1.54) is 38.4 Å². The molecule has 0 aliphatic heterocycles. The molecule has 0 radical (unpaired) electrons. The van der Waals surface area contributed by atoms with Gasteiger partial charge in [0.15, 0.2) is 0 Å². The summed E-state index contributed by atoms with van der Waals surface area (Å²) in [4.78, 5) is 12.0. The molecule has 1 N–H and O–H groups in total. The van der Waals surface area contributed by atoms with Gasteiger partial charge in [-0.25, -0.2) is 22.6 Å². The Morgan fingerprint density at radius 1 is 1.20 bits per heavy atom. The fourth-order valence-electron chi connectivity index (χ4n) is 2.65. The van der Waals surface area contributed by atoms with Crippen LogP contribution in [0.15, 0.2) is 71.9 Å². The molecule has 0 aliphatic carbocycles. The molecule has 0 amide bonds. The summed E-state index contributed by atoms with van der Waals surface area (Å²) >= 11 is 0. The molecule has 0 atom stereocenters. The molecule has 9 heteroatoms. The average Bonchev–Trinajstić information content (AvgIpc) is 3.31. The first-order valence-corrected chi connectivity index (χ1v) is 10.5. The average molecular weight is 427 g/mol. The number of esters is 1. The number of rotatable bonds is 8. The highest BCUT2D eigenvalue weighted by atomic mass is 32.2. The number of benzene rings is 2. The predicted octanol–water partition coefficient (Wildman–Crippen LogP) is 2.55. The third-order valence-corrected chi connectivity index (χ3v) is 5.68. The van der Waals surface area contributed by atoms with Gasteiger partial charge in [-0.2, -0.15) is 5.10 Å². The molecule has 156 valence electrons. The Morgan fingerprint density at radius 3 is 2.60 bits per heavy atom. The second-order valence-corrected chi connectivity index (χ2v) is 8.03. The molecular weight excluding hydrogens is 406 g/mol. The van der Waals surface area contributed by atoms with E-state index in [4.69, 9.17) is 9.47 Å². The van der Waals surface area contributed by atoms with Gasteiger partial charge in [-0.15, -0.1) is 0 Å². The zero-order chi connectivity index (χ0) is 21.6. The van der Waals surface area contributed by atoms with Crippen molar-refractivity contribution < 1.29 is 22.7 Å². The fourth-order valence-corrected chi connectivity index (χ4v) is 3.58. The molecule has 3 rings (SSSR count). The Labute approximate surface area is 174 Å². The van der Waals surface area contributed by atoms with Gasteiger partial charge in [0.25, 0.3) is 0 Å². The molecule has 0 saturated heterocycles. The van der Waals surface area contributed by atoms with Crippen molar-refractivity contribution in [1.29, 1.82) is 0 Å². The number of aromatic nitrogens is 2. The van der Waals surface area contributed by atoms with Crippen molar-refractivity contribution in [3.63, 3.8) is 0 Å². The van der Waals surface area contributed by atoms with Gasteiger partial charge in [0.05, 0.1) is 12.8 Å². The molecule has 0 bridgehead atoms. The van der Waals surface area contributed by atoms with Gasteiger partial charge in [-0.1, -0.05) is 18.2 Å². The van der Waals surface area contributed by atoms with Crippen LogP contribution < -0.4 is 9.46 Å². The molecule has 8 nitrogen and oxygen atoms in total. The highest BCUT2D eigenvalue weighted by Crippen LogP contribution is 2.25. The van der Waals surface area contributed by atoms with Gasteiger partial charge >= 0.3 is 5.97 Å². The summed E-state index contributed by atoms with van der Waals surface area (Å²) in [5.41, 5.74) is 2.26. The van der Waals surface area contributed by atoms with E-state index in [0.717, 1.165) is 11.3 Å². The third kappa shape index (κ3) is 5.13. The maximum absolute atomic E-state index is 12.1. The van der Waals surface area contributed by atoms with Crippen LogP contribution in [0.5, 0.6) is 5.75 Å². The number of hydrogen-bond donors (Lipinski definition) is 1. The van der Waals surface area contributed by atoms with Gasteiger partial charge in [0.1, 0.15) is 17.3 Å². The van der Waals surface area contributed by atoms with Crippen molar-refractivity contribution in [2.24, 2.45) is 0 Å². The maximum Gasteiger partial charge on any atom is 0.331 e. The van der Waals surface area contributed by atoms with E-state index < -0.39 is 16.0 Å². The zero-order valence-corrected chi connectivity index (χ0v) is 17.3. The summed E-state index contributed by atoms with van der Waals surface area (Å²) in [6.45, 7) is 0.116. The van der Waals surface area contributed by atoms with Crippen LogP contribution in [0.4, 0.5) is 0 Å². The van der Waals surface area contributed by atoms with Gasteiger partial charge in [-0.05, 0) is 54.6 Å². The molecule has 0 fully saturated rings. The Kier molecular flexibility index (Phi) is 6.65. The largest absolute Gasteiger partial charge is 0.495 e. The molecule has 0 saturated carbocycles. The normalized spacial score (nSPS) is 11.5. The molecular formula is C21H21N3O5S. The van der Waals surface area contributed by atoms with Crippen molar-refractivity contribution in [3.05, 3.63) is 78.1 Å². The van der Waals surface area contributed by atoms with Crippen LogP contribution in [0.2, 0.25) is 0 Å². The van der Waals surface area contributed by atoms with Crippen molar-refractivity contribution in [1.82, 2.24) is 14.5 Å². The second kappa shape index (κ2) is 9.38. The molecule has 1 aromatic heterocycles. The van der Waals surface area contributed by atoms with Crippen LogP contribution in [-0.2, 0) is 26.2 Å². The van der Waals surface area contributed by atoms with Crippen molar-refractivity contribution in [2.45, 2.75) is 11.5 Å². The summed E-state index contributed by atoms with van der Waals surface area (Å²) in [6.07, 6.45) is 6.27. The van der Waals surface area contributed by atoms with Crippen LogP contribution in [-0.4, -0.2) is 38.3 Å². The standard InChI is InChI=1S/C21H21N3O5S/c1-22-30(26,27)20-14-16(6-10-19(20)28-2)7-11-21(25)29-15-17-4-8-18(9-5-17)24-13-3-12-23-24/h3-14,22H,15H2,1-2H3/b11-7+. The van der Waals surface area contributed by atoms with Crippen molar-refractivity contribution >= 4 is 22.1 Å². The quantitative estimate of drug-likeness (QED) is 0.438. The lowest BCUT2D eigenvalue weighted by Gasteiger charge is -2.09. The van der Waals surface area contributed by atoms with E-state index in [-0.39, 0.29) is 17.3 Å². The van der Waals surface area contributed by atoms with Gasteiger partial charge in [-0.3, -0.25) is 0 Å². The number of nitrogens with zero attached hydrogens (tertiary/aromatic N) is 2. The lowest BCUT2D eigenvalue weighted by atomic mass is 10.2. The zero-order valence-electron chi connectivity index (χ0n) is 16.5. The van der Waals surface area contributed by atoms with Crippen LogP contribution in [0.1, 0.15) is 11.1 Å². The van der Waals surface area contributed by atoms with E-state index in [9.17, 15) is 13.2 Å². The molecule has 0 spiro atoms. The third-order valence-electron chi connectivity index (χ3n) is 4.24. The number of hydrogen-bond acceptors (Lipinski definition) is 6. The minimum atomic E-state index is -3.70. The van der Waals surface area contributed by atoms with Gasteiger partial charge < -0.3 is 9.47 Å². The number of sulfonamides is 1. The molecule has 0 aliphatic rings. The van der Waals surface area contributed by atoms with E-state index in [1.54, 1.807) is 16.9 Å². The summed E-state index contributed by atoms with van der Waals surface area (Å²) in [5, 5.41) is 4.15. The van der Waals surface area contributed by atoms with Crippen molar-refractivity contribution in [2.75, 3.05) is 14.2 Å². The van der Waals surface area contributed by atoms with E-state index in [0.29, 0.717) is 5.56 Å². The number of methoxy groups -OCH3 is 1. The Hall–Kier alpha value is -3.43. The van der Waals surface area contributed by atoms with Crippen LogP contribution in [0, 0.1) is 0 Å². The minimum absolute atomic E-state index is 0.0136. The summed E-state index contributed by atoms with van der Waals surface area (Å²) in [6, 6.07) is 13.9. The lowest BCUT2D eigenvalue weighted by Crippen LogP contribution is -2.19. The molecule has 3 aromatic rings. The summed E-state index contributed by atoms with van der Waals surface area (Å²) < 4.78 is 38.5. The van der Waals surface area contributed by atoms with Gasteiger partial charge in [0.2, 0.25) is 10.0 Å². The maximum atomic E-state index is 12.1. The van der Waals surface area contributed by atoms with Crippen molar-refractivity contribution in [3.8, 4) is 11.4 Å². The first-order chi connectivity index (χ1) is 14.4. The minimum Gasteiger partial charge on any atom is -0.495 e. The Balaban J connectivity index is 1.63. The Morgan fingerprint density at radius 2 is 1.97 bits per heavy atom. The fraction of sp³-hybridized carbons (Fsp3) is 0.143. The van der Waals surface area contributed by atoms with E-state index in [2.05, 4.69) is 9.82 Å². The van der Waals surface area contributed by atoms with E-state index in [1.807, 2.05) is 36.5 Å². The molecule has 2 aromatic carbocycles. The number of nitrogens with one attached hydrogen (secondary N) is 1. The topological polar surface area (TPSA) is 99.5 Å². The van der Waals surface area contributed by atoms with Crippen LogP contribution in [0.3, 0.4) is 0 Å². The molecule has 1 heterocycles. The summed E-state index contributed by atoms with van der Waals surface area (Å²) in [5.74, 6) is -0.331. The highest BCUT2D eigenvalue weighted by Gasteiger charge is 2.17.